The van der Waals surface area contributed by atoms with Gasteiger partial charge in [0.25, 0.3) is 0 Å². The number of hydrogen-bond donors (Lipinski definition) is 0. The van der Waals surface area contributed by atoms with Crippen LogP contribution in [0.1, 0.15) is 19.8 Å². The summed E-state index contributed by atoms with van der Waals surface area (Å²) in [6.07, 6.45) is 3.73. The Labute approximate surface area is 69.3 Å². The van der Waals surface area contributed by atoms with Gasteiger partial charge in [-0.3, -0.25) is 0 Å². The summed E-state index contributed by atoms with van der Waals surface area (Å²) in [6.45, 7) is 6.59. The van der Waals surface area contributed by atoms with E-state index in [0.717, 1.165) is 0 Å². The van der Waals surface area contributed by atoms with Gasteiger partial charge in [0.15, 0.2) is 0 Å². The van der Waals surface area contributed by atoms with Crippen molar-refractivity contribution in [2.45, 2.75) is 19.8 Å². The van der Waals surface area contributed by atoms with E-state index in [0.29, 0.717) is 0 Å². The minimum atomic E-state index is -1.05. The molecule has 0 amide bonds. The highest BCUT2D eigenvalue weighted by Gasteiger charge is 2.10. The largest absolute Gasteiger partial charge is 0.215 e. The predicted molar refractivity (Wildman–Crippen MR) is 53.6 cm³/mol. The van der Waals surface area contributed by atoms with Crippen molar-refractivity contribution in [3.63, 3.8) is 0 Å². The Hall–Kier alpha value is 0.230. The number of unbranched alkanes of at least 4 members (excludes halogenated alkanes) is 1. The minimum absolute atomic E-state index is 1.05. The van der Waals surface area contributed by atoms with Crippen LogP contribution in [0.25, 0.3) is 0 Å². The third-order valence-corrected chi connectivity index (χ3v) is 3.65. The second-order valence-electron chi connectivity index (χ2n) is 2.89. The van der Waals surface area contributed by atoms with Crippen molar-refractivity contribution < 1.29 is 0 Å². The molecular formula is C7H15NPS. The van der Waals surface area contributed by atoms with E-state index in [1.54, 1.807) is 0 Å². The molecule has 0 aromatic heterocycles. The standard InChI is InChI=1S/C7H15NPS/c1-4-5-6-9(2,3)8-7-10/h4-6H2,1-3H3. The van der Waals surface area contributed by atoms with Crippen LogP contribution >= 0.6 is 19.6 Å². The monoisotopic (exact) mass is 176 g/mol. The summed E-state index contributed by atoms with van der Waals surface area (Å²) in [6, 6.07) is 0. The summed E-state index contributed by atoms with van der Waals surface area (Å²) < 4.78 is 4.17. The number of isothiocyanates is 1. The Kier molecular flexibility index (Phi) is 5.07. The van der Waals surface area contributed by atoms with Gasteiger partial charge in [0.2, 0.25) is 0 Å². The van der Waals surface area contributed by atoms with E-state index in [1.807, 2.05) is 0 Å². The third-order valence-electron chi connectivity index (χ3n) is 1.37. The molecule has 3 heteroatoms. The van der Waals surface area contributed by atoms with E-state index in [1.165, 1.54) is 19.0 Å². The fraction of sp³-hybridized carbons (Fsp3) is 0.857. The van der Waals surface area contributed by atoms with Crippen molar-refractivity contribution in [3.8, 4) is 0 Å². The minimum Gasteiger partial charge on any atom is -0.215 e. The van der Waals surface area contributed by atoms with Crippen LogP contribution in [0.15, 0.2) is 4.76 Å². The first-order valence-electron chi connectivity index (χ1n) is 3.55. The molecule has 0 aliphatic carbocycles. The first kappa shape index (κ1) is 10.2. The first-order valence-corrected chi connectivity index (χ1v) is 6.78. The molecule has 0 aliphatic rings. The summed E-state index contributed by atoms with van der Waals surface area (Å²) in [5.41, 5.74) is 0. The number of rotatable bonds is 4. The maximum absolute atomic E-state index is 4.56. The lowest BCUT2D eigenvalue weighted by Gasteiger charge is -2.18. The second-order valence-corrected chi connectivity index (χ2v) is 6.96. The summed E-state index contributed by atoms with van der Waals surface area (Å²) in [5, 5.41) is 2.47. The van der Waals surface area contributed by atoms with Gasteiger partial charge in [-0.05, 0) is 45.5 Å². The first-order chi connectivity index (χ1) is 4.62. The van der Waals surface area contributed by atoms with E-state index in [2.05, 4.69) is 42.4 Å². The molecule has 0 aromatic rings. The Balaban J connectivity index is 3.74. The molecule has 0 rings (SSSR count). The molecule has 0 N–H and O–H groups in total. The summed E-state index contributed by atoms with van der Waals surface area (Å²) in [4.78, 5) is 0. The summed E-state index contributed by atoms with van der Waals surface area (Å²) >= 11 is 4.56. The van der Waals surface area contributed by atoms with Crippen LogP contribution < -0.4 is 0 Å². The summed E-state index contributed by atoms with van der Waals surface area (Å²) in [7, 11) is -1.05. The molecular weight excluding hydrogens is 161 g/mol. The lowest BCUT2D eigenvalue weighted by Crippen LogP contribution is -1.90. The molecule has 0 spiro atoms. The maximum atomic E-state index is 4.56. The molecule has 0 fully saturated rings. The Morgan fingerprint density at radius 2 is 2.10 bits per heavy atom. The van der Waals surface area contributed by atoms with Gasteiger partial charge in [0.1, 0.15) is 0 Å². The zero-order chi connectivity index (χ0) is 8.04. The van der Waals surface area contributed by atoms with Gasteiger partial charge in [-0.15, -0.1) is 0 Å². The van der Waals surface area contributed by atoms with Crippen LogP contribution in [0.4, 0.5) is 0 Å². The van der Waals surface area contributed by atoms with E-state index >= 15 is 0 Å². The number of hydrogen-bond acceptors (Lipinski definition) is 2. The van der Waals surface area contributed by atoms with E-state index < -0.39 is 7.41 Å². The zero-order valence-electron chi connectivity index (χ0n) is 6.92. The quantitative estimate of drug-likeness (QED) is 0.364. The molecule has 59 valence electrons. The zero-order valence-corrected chi connectivity index (χ0v) is 8.63. The Bertz CT molecular complexity index is 139. The fourth-order valence-corrected chi connectivity index (χ4v) is 2.78. The molecule has 0 heterocycles. The highest BCUT2D eigenvalue weighted by atomic mass is 32.1. The van der Waals surface area contributed by atoms with Gasteiger partial charge in [-0.1, -0.05) is 13.3 Å². The van der Waals surface area contributed by atoms with Crippen molar-refractivity contribution in [2.24, 2.45) is 4.76 Å². The van der Waals surface area contributed by atoms with Crippen molar-refractivity contribution >= 4 is 24.8 Å². The topological polar surface area (TPSA) is 12.4 Å². The van der Waals surface area contributed by atoms with Gasteiger partial charge in [0.05, 0.1) is 5.16 Å². The van der Waals surface area contributed by atoms with Crippen molar-refractivity contribution in [3.05, 3.63) is 0 Å². The molecule has 0 unspecified atom stereocenters. The number of nitrogens with zero attached hydrogens (tertiary/aromatic N) is 1. The van der Waals surface area contributed by atoms with E-state index in [-0.39, 0.29) is 0 Å². The Morgan fingerprint density at radius 3 is 2.50 bits per heavy atom. The molecule has 1 nitrogen and oxygen atoms in total. The second kappa shape index (κ2) is 4.96. The molecule has 10 heavy (non-hydrogen) atoms. The van der Waals surface area contributed by atoms with Gasteiger partial charge < -0.3 is 0 Å². The Morgan fingerprint density at radius 1 is 1.50 bits per heavy atom. The van der Waals surface area contributed by atoms with Gasteiger partial charge in [-0.2, -0.15) is 0 Å². The molecule has 0 aliphatic heterocycles. The maximum Gasteiger partial charge on any atom is 0.0619 e. The van der Waals surface area contributed by atoms with Gasteiger partial charge in [-0.25, -0.2) is 4.76 Å². The fourth-order valence-electron chi connectivity index (χ4n) is 0.706. The van der Waals surface area contributed by atoms with Crippen LogP contribution in [0.3, 0.4) is 0 Å². The molecule has 0 bridgehead atoms. The van der Waals surface area contributed by atoms with Crippen LogP contribution in [-0.2, 0) is 0 Å². The highest BCUT2D eigenvalue weighted by molar-refractivity contribution is 7.79. The lowest BCUT2D eigenvalue weighted by atomic mass is 10.4. The van der Waals surface area contributed by atoms with Gasteiger partial charge in [0, 0.05) is 0 Å². The molecule has 1 radical (unpaired) electrons. The SMILES string of the molecule is CCCC[P](C)(C)N=C=S. The predicted octanol–water partition coefficient (Wildman–Crippen LogP) is 3.08. The molecule has 0 saturated carbocycles. The van der Waals surface area contributed by atoms with Crippen molar-refractivity contribution in [1.29, 1.82) is 0 Å². The highest BCUT2D eigenvalue weighted by Crippen LogP contribution is 2.52. The smallest absolute Gasteiger partial charge is 0.0619 e. The average molecular weight is 176 g/mol. The van der Waals surface area contributed by atoms with Gasteiger partial charge >= 0.3 is 0 Å². The molecule has 0 aromatic carbocycles. The van der Waals surface area contributed by atoms with E-state index in [4.69, 9.17) is 0 Å². The molecule has 0 atom stereocenters. The summed E-state index contributed by atoms with van der Waals surface area (Å²) in [5.74, 6) is 0. The molecule has 0 saturated heterocycles. The van der Waals surface area contributed by atoms with Crippen molar-refractivity contribution in [2.75, 3.05) is 19.5 Å². The van der Waals surface area contributed by atoms with Crippen LogP contribution in [0.2, 0.25) is 0 Å². The lowest BCUT2D eigenvalue weighted by molar-refractivity contribution is 0.888. The average Bonchev–Trinajstić information content (AvgIpc) is 1.84. The third kappa shape index (κ3) is 5.05. The van der Waals surface area contributed by atoms with E-state index in [9.17, 15) is 0 Å². The van der Waals surface area contributed by atoms with Crippen LogP contribution in [-0.4, -0.2) is 24.7 Å². The van der Waals surface area contributed by atoms with Crippen molar-refractivity contribution in [1.82, 2.24) is 0 Å². The normalized spacial score (nSPS) is 10.7. The number of thiocarbonyl (C=S) groups is 1. The van der Waals surface area contributed by atoms with Crippen LogP contribution in [0.5, 0.6) is 0 Å². The van der Waals surface area contributed by atoms with Crippen LogP contribution in [0, 0.1) is 0 Å².